The number of rotatable bonds is 6. The van der Waals surface area contributed by atoms with E-state index in [1.54, 1.807) is 6.92 Å². The fraction of sp³-hybridized carbons (Fsp3) is 0.286. The molecule has 0 N–H and O–H groups in total. The minimum atomic E-state index is -4.98. The van der Waals surface area contributed by atoms with E-state index in [1.165, 1.54) is 48.5 Å². The van der Waals surface area contributed by atoms with Crippen LogP contribution < -0.4 is 0 Å². The molecule has 44 heavy (non-hydrogen) atoms. The van der Waals surface area contributed by atoms with Gasteiger partial charge in [0.2, 0.25) is 10.0 Å². The van der Waals surface area contributed by atoms with Crippen molar-refractivity contribution in [1.29, 1.82) is 0 Å². The van der Waals surface area contributed by atoms with E-state index >= 15 is 8.78 Å². The first kappa shape index (κ1) is 30.6. The first-order chi connectivity index (χ1) is 20.5. The summed E-state index contributed by atoms with van der Waals surface area (Å²) in [5, 5.41) is 4.03. The van der Waals surface area contributed by atoms with Gasteiger partial charge < -0.3 is 0 Å². The quantitative estimate of drug-likeness (QED) is 0.217. The highest BCUT2D eigenvalue weighted by Gasteiger charge is 2.62. The number of nitrogens with zero attached hydrogens (tertiary/aromatic N) is 4. The van der Waals surface area contributed by atoms with E-state index in [9.17, 15) is 30.0 Å². The van der Waals surface area contributed by atoms with Crippen molar-refractivity contribution in [2.24, 2.45) is 5.92 Å². The number of hydrogen-bond donors (Lipinski definition) is 0. The lowest BCUT2D eigenvalue weighted by molar-refractivity contribution is -0.141. The van der Waals surface area contributed by atoms with Crippen LogP contribution in [0.5, 0.6) is 0 Å². The van der Waals surface area contributed by atoms with Crippen LogP contribution in [0.1, 0.15) is 53.0 Å². The van der Waals surface area contributed by atoms with Crippen LogP contribution in [0, 0.1) is 12.8 Å². The van der Waals surface area contributed by atoms with Gasteiger partial charge >= 0.3 is 12.1 Å². The molecule has 8 nitrogen and oxygen atoms in total. The third-order valence-corrected chi connectivity index (χ3v) is 11.3. The Kier molecular flexibility index (Phi) is 7.18. The highest BCUT2D eigenvalue weighted by molar-refractivity contribution is 7.90. The molecule has 16 heteroatoms. The molecule has 6 rings (SSSR count). The summed E-state index contributed by atoms with van der Waals surface area (Å²) in [6.45, 7) is 1.74. The highest BCUT2D eigenvalue weighted by atomic mass is 35.5. The van der Waals surface area contributed by atoms with Crippen LogP contribution in [0.15, 0.2) is 82.8 Å². The van der Waals surface area contributed by atoms with Crippen molar-refractivity contribution >= 4 is 31.6 Å². The lowest BCUT2D eigenvalue weighted by Gasteiger charge is -2.44. The van der Waals surface area contributed by atoms with E-state index < -0.39 is 66.4 Å². The summed E-state index contributed by atoms with van der Waals surface area (Å²) < 4.78 is 129. The number of sulfonamides is 1. The summed E-state index contributed by atoms with van der Waals surface area (Å²) in [7, 11) is -9.45. The van der Waals surface area contributed by atoms with Crippen molar-refractivity contribution in [3.63, 3.8) is 0 Å². The van der Waals surface area contributed by atoms with Crippen LogP contribution in [0.2, 0.25) is 5.02 Å². The number of aromatic nitrogens is 3. The number of benzene rings is 2. The van der Waals surface area contributed by atoms with Gasteiger partial charge in [0, 0.05) is 23.0 Å². The summed E-state index contributed by atoms with van der Waals surface area (Å²) >= 11 is 5.99. The topological polar surface area (TPSA) is 102 Å². The van der Waals surface area contributed by atoms with Gasteiger partial charge in [-0.1, -0.05) is 41.4 Å². The number of halogens is 6. The van der Waals surface area contributed by atoms with Crippen LogP contribution in [0.3, 0.4) is 0 Å². The van der Waals surface area contributed by atoms with Gasteiger partial charge in [-0.25, -0.2) is 8.42 Å². The van der Waals surface area contributed by atoms with Crippen molar-refractivity contribution in [2.75, 3.05) is 0 Å². The summed E-state index contributed by atoms with van der Waals surface area (Å²) in [5.74, 6) is -4.61. The number of hydrogen-bond acceptors (Lipinski definition) is 6. The Labute approximate surface area is 254 Å². The Balaban J connectivity index is 1.57. The molecule has 2 aliphatic rings. The fourth-order valence-corrected chi connectivity index (χ4v) is 8.40. The zero-order valence-corrected chi connectivity index (χ0v) is 25.0. The molecule has 1 aliphatic heterocycles. The lowest BCUT2D eigenvalue weighted by atomic mass is 9.87. The fourth-order valence-electron chi connectivity index (χ4n) is 5.35. The molecule has 3 heterocycles. The zero-order valence-electron chi connectivity index (χ0n) is 22.6. The molecule has 2 aromatic carbocycles. The molecule has 0 radical (unpaired) electrons. The summed E-state index contributed by atoms with van der Waals surface area (Å²) in [6.07, 6.45) is -2.64. The largest absolute Gasteiger partial charge is 0.433 e. The molecule has 1 saturated carbocycles. The number of alkyl halides is 5. The van der Waals surface area contributed by atoms with Crippen LogP contribution in [0.4, 0.5) is 22.0 Å². The van der Waals surface area contributed by atoms with Gasteiger partial charge in [0.1, 0.15) is 22.3 Å². The molecule has 1 fully saturated rings. The minimum Gasteiger partial charge on any atom is -0.250 e. The first-order valence-corrected chi connectivity index (χ1v) is 16.4. The predicted octanol–water partition coefficient (Wildman–Crippen LogP) is 6.48. The molecule has 2 atom stereocenters. The summed E-state index contributed by atoms with van der Waals surface area (Å²) in [4.78, 5) is 2.27. The van der Waals surface area contributed by atoms with Gasteiger partial charge in [0.25, 0.3) is 10.0 Å². The number of fused-ring (bicyclic) bond motifs is 1. The van der Waals surface area contributed by atoms with Crippen LogP contribution >= 0.6 is 11.6 Å². The molecule has 232 valence electrons. The van der Waals surface area contributed by atoms with Gasteiger partial charge in [-0.15, -0.1) is 0 Å². The SMILES string of the molecule is Cc1ccc(S(=O)(=O)n2cc3c(n2)C(F)(F)[C@H](c2ccc(Cl)cc2)N(S(=O)(=O)c2ccc(C(F)(F)F)nc2)[C@H]3C2CC2)cc1. The Bertz CT molecular complexity index is 1940. The molecule has 0 saturated heterocycles. The van der Waals surface area contributed by atoms with E-state index in [0.717, 1.165) is 11.8 Å². The van der Waals surface area contributed by atoms with Gasteiger partial charge in [-0.3, -0.25) is 4.98 Å². The minimum absolute atomic E-state index is 0.183. The average molecular weight is 673 g/mol. The molecule has 4 aromatic rings. The molecule has 0 amide bonds. The van der Waals surface area contributed by atoms with Gasteiger partial charge in [-0.2, -0.15) is 43.9 Å². The van der Waals surface area contributed by atoms with Gasteiger partial charge in [0.15, 0.2) is 0 Å². The van der Waals surface area contributed by atoms with Gasteiger partial charge in [0.05, 0.1) is 10.9 Å². The number of aryl methyl sites for hydroxylation is 1. The van der Waals surface area contributed by atoms with Crippen molar-refractivity contribution in [1.82, 2.24) is 18.5 Å². The highest BCUT2D eigenvalue weighted by Crippen LogP contribution is 2.60. The Morgan fingerprint density at radius 1 is 0.886 bits per heavy atom. The predicted molar refractivity (Wildman–Crippen MR) is 148 cm³/mol. The Morgan fingerprint density at radius 2 is 1.50 bits per heavy atom. The standard InChI is InChI=1S/C28H22ClF5N4O4S2/c1-16-2-10-20(11-3-16)43(39,40)37-15-22-24(17-4-5-17)38(44(41,42)21-12-13-23(35-14-21)28(32,33)34)26(27(30,31)25(22)36-37)18-6-8-19(29)9-7-18/h2-3,6-15,17,24,26H,4-5H2,1H3/t24-,26-/m0/s1. The second kappa shape index (κ2) is 10.3. The van der Waals surface area contributed by atoms with E-state index in [2.05, 4.69) is 10.1 Å². The van der Waals surface area contributed by atoms with E-state index in [1.807, 2.05) is 0 Å². The van der Waals surface area contributed by atoms with Crippen molar-refractivity contribution in [2.45, 2.75) is 53.7 Å². The van der Waals surface area contributed by atoms with Crippen LogP contribution in [0.25, 0.3) is 0 Å². The van der Waals surface area contributed by atoms with E-state index in [-0.39, 0.29) is 21.0 Å². The maximum absolute atomic E-state index is 16.7. The second-order valence-electron chi connectivity index (χ2n) is 10.7. The smallest absolute Gasteiger partial charge is 0.250 e. The lowest BCUT2D eigenvalue weighted by Crippen LogP contribution is -2.49. The summed E-state index contributed by atoms with van der Waals surface area (Å²) in [6, 6.07) is 8.20. The third-order valence-electron chi connectivity index (χ3n) is 7.65. The first-order valence-electron chi connectivity index (χ1n) is 13.2. The second-order valence-corrected chi connectivity index (χ2v) is 14.8. The van der Waals surface area contributed by atoms with Crippen molar-refractivity contribution in [3.8, 4) is 0 Å². The van der Waals surface area contributed by atoms with Crippen molar-refractivity contribution < 1.29 is 38.8 Å². The van der Waals surface area contributed by atoms with E-state index in [4.69, 9.17) is 11.6 Å². The summed E-state index contributed by atoms with van der Waals surface area (Å²) in [5.41, 5.74) is -2.02. The maximum atomic E-state index is 16.7. The molecule has 2 aromatic heterocycles. The van der Waals surface area contributed by atoms with Crippen LogP contribution in [-0.4, -0.2) is 35.3 Å². The monoisotopic (exact) mass is 672 g/mol. The van der Waals surface area contributed by atoms with E-state index in [0.29, 0.717) is 39.6 Å². The Hall–Kier alpha value is -3.40. The average Bonchev–Trinajstić information content (AvgIpc) is 3.69. The molecule has 0 spiro atoms. The molecule has 0 bridgehead atoms. The molecular formula is C28H22ClF5N4O4S2. The molecule has 1 aliphatic carbocycles. The number of pyridine rings is 1. The van der Waals surface area contributed by atoms with Crippen molar-refractivity contribution in [3.05, 3.63) is 106 Å². The Morgan fingerprint density at radius 3 is 2.05 bits per heavy atom. The maximum Gasteiger partial charge on any atom is 0.433 e. The molecular weight excluding hydrogens is 651 g/mol. The van der Waals surface area contributed by atoms with Crippen LogP contribution in [-0.2, 0) is 32.1 Å². The normalized spacial score (nSPS) is 20.8. The van der Waals surface area contributed by atoms with Gasteiger partial charge in [-0.05, 0) is 67.6 Å². The zero-order chi connectivity index (χ0) is 31.8. The molecule has 0 unspecified atom stereocenters. The third kappa shape index (κ3) is 5.08.